The molecule has 1 aromatic rings. The zero-order valence-electron chi connectivity index (χ0n) is 11.0. The van der Waals surface area contributed by atoms with Crippen molar-refractivity contribution in [1.29, 1.82) is 0 Å². The van der Waals surface area contributed by atoms with Crippen LogP contribution in [0.15, 0.2) is 18.2 Å². The molecule has 0 bridgehead atoms. The number of nitrogens with zero attached hydrogens (tertiary/aromatic N) is 1. The molecule has 0 saturated carbocycles. The highest BCUT2D eigenvalue weighted by Crippen LogP contribution is 2.25. The fourth-order valence-electron chi connectivity index (χ4n) is 2.51. The number of hydrogen-bond donors (Lipinski definition) is 2. The molecule has 2 unspecified atom stereocenters. The van der Waals surface area contributed by atoms with Crippen LogP contribution in [-0.4, -0.2) is 23.9 Å². The van der Waals surface area contributed by atoms with Gasteiger partial charge in [0.1, 0.15) is 0 Å². The van der Waals surface area contributed by atoms with Gasteiger partial charge in [0.25, 0.3) is 0 Å². The van der Waals surface area contributed by atoms with Crippen molar-refractivity contribution >= 4 is 11.6 Å². The van der Waals surface area contributed by atoms with E-state index in [2.05, 4.69) is 18.7 Å². The van der Waals surface area contributed by atoms with E-state index in [0.717, 1.165) is 37.0 Å². The number of anilines is 1. The Bertz CT molecular complexity index is 448. The summed E-state index contributed by atoms with van der Waals surface area (Å²) in [5.74, 6) is 1.03. The fourth-order valence-corrected chi connectivity index (χ4v) is 2.51. The molecule has 0 aliphatic carbocycles. The molecule has 1 aromatic carbocycles. The lowest BCUT2D eigenvalue weighted by molar-refractivity contribution is 0.100. The van der Waals surface area contributed by atoms with Crippen molar-refractivity contribution in [1.82, 2.24) is 4.90 Å². The number of carbonyl (C=O) groups is 1. The van der Waals surface area contributed by atoms with Crippen LogP contribution in [0.4, 0.5) is 5.69 Å². The van der Waals surface area contributed by atoms with E-state index in [9.17, 15) is 4.79 Å². The van der Waals surface area contributed by atoms with Crippen molar-refractivity contribution in [2.24, 2.45) is 17.6 Å². The summed E-state index contributed by atoms with van der Waals surface area (Å²) in [4.78, 5) is 13.5. The third kappa shape index (κ3) is 2.64. The highest BCUT2D eigenvalue weighted by molar-refractivity contribution is 5.93. The maximum absolute atomic E-state index is 11.1. The Labute approximate surface area is 108 Å². The first-order chi connectivity index (χ1) is 8.47. The first-order valence-electron chi connectivity index (χ1n) is 6.38. The van der Waals surface area contributed by atoms with Crippen LogP contribution in [0.2, 0.25) is 0 Å². The lowest BCUT2D eigenvalue weighted by atomic mass is 10.0. The van der Waals surface area contributed by atoms with Crippen LogP contribution in [0, 0.1) is 11.8 Å². The molecule has 2 atom stereocenters. The Hall–Kier alpha value is -1.55. The summed E-state index contributed by atoms with van der Waals surface area (Å²) < 4.78 is 0. The summed E-state index contributed by atoms with van der Waals surface area (Å²) >= 11 is 0. The summed E-state index contributed by atoms with van der Waals surface area (Å²) in [6.45, 7) is 7.63. The summed E-state index contributed by atoms with van der Waals surface area (Å²) in [7, 11) is 0. The number of likely N-dealkylation sites (tertiary alicyclic amines) is 1. The second kappa shape index (κ2) is 4.98. The number of hydrogen-bond acceptors (Lipinski definition) is 3. The van der Waals surface area contributed by atoms with Gasteiger partial charge in [-0.25, -0.2) is 0 Å². The van der Waals surface area contributed by atoms with Crippen molar-refractivity contribution in [3.63, 3.8) is 0 Å². The van der Waals surface area contributed by atoms with Crippen LogP contribution < -0.4 is 11.5 Å². The molecule has 1 aliphatic heterocycles. The number of nitrogens with two attached hydrogens (primary N) is 2. The Kier molecular flexibility index (Phi) is 3.57. The van der Waals surface area contributed by atoms with Gasteiger partial charge in [-0.2, -0.15) is 0 Å². The second-order valence-corrected chi connectivity index (χ2v) is 5.43. The first-order valence-corrected chi connectivity index (χ1v) is 6.38. The third-order valence-electron chi connectivity index (χ3n) is 3.89. The summed E-state index contributed by atoms with van der Waals surface area (Å²) in [6, 6.07) is 5.32. The Morgan fingerprint density at radius 1 is 1.33 bits per heavy atom. The molecule has 18 heavy (non-hydrogen) atoms. The van der Waals surface area contributed by atoms with E-state index in [1.54, 1.807) is 12.1 Å². The topological polar surface area (TPSA) is 72.3 Å². The Morgan fingerprint density at radius 2 is 1.94 bits per heavy atom. The lowest BCUT2D eigenvalue weighted by Crippen LogP contribution is -2.21. The van der Waals surface area contributed by atoms with Crippen LogP contribution in [0.1, 0.15) is 29.8 Å². The van der Waals surface area contributed by atoms with Crippen molar-refractivity contribution in [2.75, 3.05) is 18.8 Å². The molecule has 1 aliphatic rings. The van der Waals surface area contributed by atoms with E-state index >= 15 is 0 Å². The molecule has 4 heteroatoms. The number of primary amides is 1. The number of benzene rings is 1. The quantitative estimate of drug-likeness (QED) is 0.794. The minimum Gasteiger partial charge on any atom is -0.398 e. The van der Waals surface area contributed by atoms with Gasteiger partial charge in [0.2, 0.25) is 5.91 Å². The van der Waals surface area contributed by atoms with Gasteiger partial charge in [0, 0.05) is 30.9 Å². The van der Waals surface area contributed by atoms with Gasteiger partial charge in [0.05, 0.1) is 0 Å². The summed E-state index contributed by atoms with van der Waals surface area (Å²) in [5, 5.41) is 0. The van der Waals surface area contributed by atoms with Gasteiger partial charge in [0.15, 0.2) is 0 Å². The van der Waals surface area contributed by atoms with Gasteiger partial charge in [-0.15, -0.1) is 0 Å². The Balaban J connectivity index is 2.08. The SMILES string of the molecule is CC1CN(Cc2ccc(C(N)=O)cc2N)CC1C. The molecule has 1 saturated heterocycles. The van der Waals surface area contributed by atoms with E-state index in [1.807, 2.05) is 6.07 Å². The zero-order chi connectivity index (χ0) is 13.3. The highest BCUT2D eigenvalue weighted by Gasteiger charge is 2.26. The van der Waals surface area contributed by atoms with Crippen LogP contribution in [0.5, 0.6) is 0 Å². The number of amides is 1. The monoisotopic (exact) mass is 247 g/mol. The summed E-state index contributed by atoms with van der Waals surface area (Å²) in [6.07, 6.45) is 0. The van der Waals surface area contributed by atoms with E-state index < -0.39 is 5.91 Å². The molecule has 1 fully saturated rings. The number of nitrogen functional groups attached to an aromatic ring is 1. The van der Waals surface area contributed by atoms with Crippen LogP contribution in [0.25, 0.3) is 0 Å². The molecule has 0 spiro atoms. The first kappa shape index (κ1) is 12.9. The third-order valence-corrected chi connectivity index (χ3v) is 3.89. The van der Waals surface area contributed by atoms with E-state index in [1.165, 1.54) is 0 Å². The van der Waals surface area contributed by atoms with Crippen molar-refractivity contribution in [3.05, 3.63) is 29.3 Å². The summed E-state index contributed by atoms with van der Waals surface area (Å²) in [5.41, 5.74) is 13.4. The van der Waals surface area contributed by atoms with Crippen LogP contribution in [0.3, 0.4) is 0 Å². The molecule has 0 aromatic heterocycles. The van der Waals surface area contributed by atoms with Gasteiger partial charge in [-0.3, -0.25) is 9.69 Å². The molecule has 1 amide bonds. The van der Waals surface area contributed by atoms with Gasteiger partial charge in [-0.05, 0) is 29.5 Å². The van der Waals surface area contributed by atoms with Crippen molar-refractivity contribution in [2.45, 2.75) is 20.4 Å². The van der Waals surface area contributed by atoms with Gasteiger partial charge >= 0.3 is 0 Å². The van der Waals surface area contributed by atoms with Crippen molar-refractivity contribution < 1.29 is 4.79 Å². The standard InChI is InChI=1S/C14H21N3O/c1-9-6-17(7-10(9)2)8-12-4-3-11(14(16)18)5-13(12)15/h3-5,9-10H,6-8,15H2,1-2H3,(H2,16,18). The van der Waals surface area contributed by atoms with E-state index in [0.29, 0.717) is 11.3 Å². The molecule has 4 N–H and O–H groups in total. The maximum Gasteiger partial charge on any atom is 0.248 e. The number of carbonyl (C=O) groups excluding carboxylic acids is 1. The van der Waals surface area contributed by atoms with Gasteiger partial charge in [-0.1, -0.05) is 19.9 Å². The fraction of sp³-hybridized carbons (Fsp3) is 0.500. The van der Waals surface area contributed by atoms with Crippen LogP contribution >= 0.6 is 0 Å². The van der Waals surface area contributed by atoms with E-state index in [-0.39, 0.29) is 0 Å². The minimum absolute atomic E-state index is 0.434. The molecular formula is C14H21N3O. The molecule has 2 rings (SSSR count). The number of rotatable bonds is 3. The highest BCUT2D eigenvalue weighted by atomic mass is 16.1. The average molecular weight is 247 g/mol. The zero-order valence-corrected chi connectivity index (χ0v) is 11.0. The average Bonchev–Trinajstić information content (AvgIpc) is 2.61. The normalized spacial score (nSPS) is 24.3. The molecular weight excluding hydrogens is 226 g/mol. The molecule has 0 radical (unpaired) electrons. The van der Waals surface area contributed by atoms with Gasteiger partial charge < -0.3 is 11.5 Å². The largest absolute Gasteiger partial charge is 0.398 e. The van der Waals surface area contributed by atoms with E-state index in [4.69, 9.17) is 11.5 Å². The predicted octanol–water partition coefficient (Wildman–Crippen LogP) is 1.46. The second-order valence-electron chi connectivity index (χ2n) is 5.43. The molecule has 1 heterocycles. The minimum atomic E-state index is -0.434. The van der Waals surface area contributed by atoms with Crippen molar-refractivity contribution in [3.8, 4) is 0 Å². The molecule has 98 valence electrons. The predicted molar refractivity (Wildman–Crippen MR) is 73.0 cm³/mol. The maximum atomic E-state index is 11.1. The lowest BCUT2D eigenvalue weighted by Gasteiger charge is -2.17. The smallest absolute Gasteiger partial charge is 0.248 e. The Morgan fingerprint density at radius 3 is 2.44 bits per heavy atom. The van der Waals surface area contributed by atoms with Crippen LogP contribution in [-0.2, 0) is 6.54 Å². The molecule has 4 nitrogen and oxygen atoms in total.